The Bertz CT molecular complexity index is 1020. The van der Waals surface area contributed by atoms with Crippen LogP contribution in [0.3, 0.4) is 0 Å². The maximum atomic E-state index is 10.2. The van der Waals surface area contributed by atoms with Gasteiger partial charge in [-0.25, -0.2) is 4.98 Å². The lowest BCUT2D eigenvalue weighted by atomic mass is 10.1. The Morgan fingerprint density at radius 1 is 0.615 bits per heavy atom. The van der Waals surface area contributed by atoms with Gasteiger partial charge in [0.2, 0.25) is 5.95 Å². The van der Waals surface area contributed by atoms with Crippen LogP contribution in [0.4, 0.5) is 11.6 Å². The second kappa shape index (κ2) is 7.03. The summed E-state index contributed by atoms with van der Waals surface area (Å²) in [4.78, 5) is 13.6. The van der Waals surface area contributed by atoms with E-state index in [9.17, 15) is 5.11 Å². The van der Waals surface area contributed by atoms with Gasteiger partial charge in [-0.1, -0.05) is 60.7 Å². The number of nitrogens with one attached hydrogen (secondary N) is 1. The Balaban J connectivity index is 1.83. The highest BCUT2D eigenvalue weighted by Gasteiger charge is 2.13. The molecule has 0 bridgehead atoms. The molecule has 0 aliphatic heterocycles. The largest absolute Gasteiger partial charge is 0.507 e. The zero-order chi connectivity index (χ0) is 17.8. The number of hydrogen-bond acceptors (Lipinski definition) is 5. The topological polar surface area (TPSA) is 70.9 Å². The molecule has 0 unspecified atom stereocenters. The average molecular weight is 340 g/mol. The van der Waals surface area contributed by atoms with E-state index >= 15 is 0 Å². The molecule has 0 saturated heterocycles. The Morgan fingerprint density at radius 3 is 1.96 bits per heavy atom. The molecule has 1 heterocycles. The van der Waals surface area contributed by atoms with Crippen molar-refractivity contribution < 1.29 is 5.11 Å². The highest BCUT2D eigenvalue weighted by Crippen LogP contribution is 2.28. The molecule has 0 saturated carbocycles. The van der Waals surface area contributed by atoms with Gasteiger partial charge >= 0.3 is 0 Å². The van der Waals surface area contributed by atoms with Crippen molar-refractivity contribution in [2.45, 2.75) is 0 Å². The summed E-state index contributed by atoms with van der Waals surface area (Å²) in [6.45, 7) is 0. The Kier molecular flexibility index (Phi) is 4.26. The minimum Gasteiger partial charge on any atom is -0.507 e. The lowest BCUT2D eigenvalue weighted by molar-refractivity contribution is 0.477. The summed E-state index contributed by atoms with van der Waals surface area (Å²) in [7, 11) is 0. The minimum atomic E-state index is 0.128. The summed E-state index contributed by atoms with van der Waals surface area (Å²) in [5.74, 6) is 1.50. The van der Waals surface area contributed by atoms with E-state index in [0.717, 1.165) is 11.3 Å². The Morgan fingerprint density at radius 2 is 1.23 bits per heavy atom. The molecule has 5 nitrogen and oxygen atoms in total. The van der Waals surface area contributed by atoms with Crippen molar-refractivity contribution in [1.29, 1.82) is 0 Å². The van der Waals surface area contributed by atoms with Crippen molar-refractivity contribution in [1.82, 2.24) is 15.0 Å². The Labute approximate surface area is 151 Å². The molecule has 0 atom stereocenters. The van der Waals surface area contributed by atoms with Gasteiger partial charge in [-0.05, 0) is 24.3 Å². The number of phenolic OH excluding ortho intramolecular Hbond substituents is 1. The van der Waals surface area contributed by atoms with Gasteiger partial charge < -0.3 is 10.4 Å². The van der Waals surface area contributed by atoms with Gasteiger partial charge in [0.15, 0.2) is 11.6 Å². The van der Waals surface area contributed by atoms with Crippen molar-refractivity contribution >= 4 is 11.6 Å². The number of benzene rings is 3. The first-order chi connectivity index (χ1) is 12.8. The first-order valence-corrected chi connectivity index (χ1v) is 8.21. The molecule has 1 aromatic heterocycles. The minimum absolute atomic E-state index is 0.128. The van der Waals surface area contributed by atoms with E-state index in [4.69, 9.17) is 0 Å². The number of rotatable bonds is 4. The van der Waals surface area contributed by atoms with Crippen molar-refractivity contribution in [2.24, 2.45) is 0 Å². The van der Waals surface area contributed by atoms with Gasteiger partial charge in [-0.2, -0.15) is 9.97 Å². The maximum Gasteiger partial charge on any atom is 0.231 e. The maximum absolute atomic E-state index is 10.2. The van der Waals surface area contributed by atoms with Crippen LogP contribution in [0.15, 0.2) is 84.9 Å². The van der Waals surface area contributed by atoms with Crippen molar-refractivity contribution in [3.05, 3.63) is 84.9 Å². The number of para-hydroxylation sites is 2. The quantitative estimate of drug-likeness (QED) is 0.565. The molecular weight excluding hydrogens is 324 g/mol. The summed E-state index contributed by atoms with van der Waals surface area (Å²) >= 11 is 0. The number of aromatic nitrogens is 3. The fraction of sp³-hybridized carbons (Fsp3) is 0. The van der Waals surface area contributed by atoms with Crippen molar-refractivity contribution in [3.8, 4) is 28.5 Å². The standard InChI is InChI=1S/C21H16N4O/c26-18-14-8-7-13-17(18)20-23-19(15-9-3-1-4-10-15)24-21(25-20)22-16-11-5-2-6-12-16/h1-14,26H,(H,22,23,24,25). The molecule has 3 aromatic carbocycles. The predicted octanol–water partition coefficient (Wildman–Crippen LogP) is 4.65. The molecule has 2 N–H and O–H groups in total. The summed E-state index contributed by atoms with van der Waals surface area (Å²) in [5.41, 5.74) is 2.31. The Hall–Kier alpha value is -3.73. The zero-order valence-corrected chi connectivity index (χ0v) is 13.9. The van der Waals surface area contributed by atoms with Crippen LogP contribution in [-0.4, -0.2) is 20.1 Å². The molecule has 0 radical (unpaired) electrons. The van der Waals surface area contributed by atoms with E-state index in [0.29, 0.717) is 23.2 Å². The van der Waals surface area contributed by atoms with E-state index in [1.165, 1.54) is 0 Å². The molecule has 5 heteroatoms. The second-order valence-electron chi connectivity index (χ2n) is 5.68. The first kappa shape index (κ1) is 15.8. The third kappa shape index (κ3) is 3.37. The van der Waals surface area contributed by atoms with E-state index < -0.39 is 0 Å². The summed E-state index contributed by atoms with van der Waals surface area (Å²) in [6, 6.07) is 26.4. The fourth-order valence-corrected chi connectivity index (χ4v) is 2.58. The second-order valence-corrected chi connectivity index (χ2v) is 5.68. The van der Waals surface area contributed by atoms with Gasteiger partial charge in [0, 0.05) is 11.3 Å². The molecule has 26 heavy (non-hydrogen) atoms. The van der Waals surface area contributed by atoms with Crippen LogP contribution in [0.5, 0.6) is 5.75 Å². The van der Waals surface area contributed by atoms with Gasteiger partial charge in [0.25, 0.3) is 0 Å². The SMILES string of the molecule is Oc1ccccc1-c1nc(Nc2ccccc2)nc(-c2ccccc2)n1. The van der Waals surface area contributed by atoms with Gasteiger partial charge in [-0.15, -0.1) is 0 Å². The molecule has 0 amide bonds. The monoisotopic (exact) mass is 340 g/mol. The first-order valence-electron chi connectivity index (χ1n) is 8.21. The number of hydrogen-bond donors (Lipinski definition) is 2. The number of nitrogens with zero attached hydrogens (tertiary/aromatic N) is 3. The summed E-state index contributed by atoms with van der Waals surface area (Å²) in [6.07, 6.45) is 0. The third-order valence-electron chi connectivity index (χ3n) is 3.84. The normalized spacial score (nSPS) is 10.5. The highest BCUT2D eigenvalue weighted by molar-refractivity contribution is 5.68. The molecule has 4 rings (SSSR count). The highest BCUT2D eigenvalue weighted by atomic mass is 16.3. The van der Waals surface area contributed by atoms with Crippen LogP contribution in [0.1, 0.15) is 0 Å². The predicted molar refractivity (Wildman–Crippen MR) is 102 cm³/mol. The molecule has 0 aliphatic rings. The summed E-state index contributed by atoms with van der Waals surface area (Å²) < 4.78 is 0. The molecule has 0 fully saturated rings. The van der Waals surface area contributed by atoms with Gasteiger partial charge in [-0.3, -0.25) is 0 Å². The van der Waals surface area contributed by atoms with Crippen LogP contribution in [0, 0.1) is 0 Å². The third-order valence-corrected chi connectivity index (χ3v) is 3.84. The smallest absolute Gasteiger partial charge is 0.231 e. The molecule has 0 aliphatic carbocycles. The van der Waals surface area contributed by atoms with Crippen molar-refractivity contribution in [3.63, 3.8) is 0 Å². The van der Waals surface area contributed by atoms with Crippen molar-refractivity contribution in [2.75, 3.05) is 5.32 Å². The van der Waals surface area contributed by atoms with Gasteiger partial charge in [0.05, 0.1) is 5.56 Å². The summed E-state index contributed by atoms with van der Waals surface area (Å²) in [5, 5.41) is 13.4. The van der Waals surface area contributed by atoms with Crippen LogP contribution in [-0.2, 0) is 0 Å². The zero-order valence-electron chi connectivity index (χ0n) is 13.9. The van der Waals surface area contributed by atoms with E-state index in [-0.39, 0.29) is 5.75 Å². The number of aromatic hydroxyl groups is 1. The fourth-order valence-electron chi connectivity index (χ4n) is 2.58. The van der Waals surface area contributed by atoms with E-state index in [2.05, 4.69) is 20.3 Å². The van der Waals surface area contributed by atoms with Crippen LogP contribution in [0.25, 0.3) is 22.8 Å². The van der Waals surface area contributed by atoms with E-state index in [1.54, 1.807) is 18.2 Å². The molecule has 126 valence electrons. The van der Waals surface area contributed by atoms with Crippen LogP contribution >= 0.6 is 0 Å². The number of phenols is 1. The molecular formula is C21H16N4O. The number of anilines is 2. The molecule has 4 aromatic rings. The van der Waals surface area contributed by atoms with Crippen LogP contribution < -0.4 is 5.32 Å². The lowest BCUT2D eigenvalue weighted by Gasteiger charge is -2.10. The molecule has 0 spiro atoms. The lowest BCUT2D eigenvalue weighted by Crippen LogP contribution is -2.03. The average Bonchev–Trinajstić information content (AvgIpc) is 2.69. The van der Waals surface area contributed by atoms with Gasteiger partial charge in [0.1, 0.15) is 5.75 Å². The van der Waals surface area contributed by atoms with E-state index in [1.807, 2.05) is 66.7 Å². The van der Waals surface area contributed by atoms with Crippen LogP contribution in [0.2, 0.25) is 0 Å².